The Balaban J connectivity index is 1.50. The van der Waals surface area contributed by atoms with Crippen molar-refractivity contribution in [2.75, 3.05) is 5.32 Å². The number of halogens is 7. The number of hydrogen-bond donors (Lipinski definition) is 2. The molecule has 0 radical (unpaired) electrons. The highest BCUT2D eigenvalue weighted by molar-refractivity contribution is 14.1. The van der Waals surface area contributed by atoms with Crippen LogP contribution in [0.15, 0.2) is 42.7 Å². The predicted molar refractivity (Wildman–Crippen MR) is 148 cm³/mol. The van der Waals surface area contributed by atoms with E-state index in [1.165, 1.54) is 18.3 Å². The number of benzene rings is 1. The summed E-state index contributed by atoms with van der Waals surface area (Å²) >= 11 is 8.36. The maximum absolute atomic E-state index is 13.7. The average molecular weight is 721 g/mol. The molecule has 1 aliphatic rings. The second-order valence-electron chi connectivity index (χ2n) is 9.46. The number of carbonyl (C=O) groups is 2. The number of hydrogen-bond acceptors (Lipinski definition) is 6. The number of pyridine rings is 1. The van der Waals surface area contributed by atoms with Crippen molar-refractivity contribution in [3.8, 4) is 5.82 Å². The first kappa shape index (κ1) is 29.8. The first-order chi connectivity index (χ1) is 19.7. The van der Waals surface area contributed by atoms with Crippen molar-refractivity contribution >= 4 is 51.7 Å². The molecule has 0 spiro atoms. The number of anilines is 1. The van der Waals surface area contributed by atoms with E-state index in [-0.39, 0.29) is 45.4 Å². The second-order valence-corrected chi connectivity index (χ2v) is 11.1. The average Bonchev–Trinajstić information content (AvgIpc) is 3.42. The standard InChI is InChI=1S/C25H19ClF5IN8O2/c1-12-7-13(32)8-16(22(41)34-14-4-5-14)20(12)35-23(42)18-9-15(37-40(18)21-17(26)3-2-6-33-21)10-39-11-19(36-38-39)24(27,28)25(29,30)31/h2-3,6-9,11,14H,4-5,10H2,1H3,(H,34,41)(H,35,42). The van der Waals surface area contributed by atoms with Gasteiger partial charge < -0.3 is 10.6 Å². The predicted octanol–water partition coefficient (Wildman–Crippen LogP) is 5.27. The van der Waals surface area contributed by atoms with Crippen LogP contribution in [0.3, 0.4) is 0 Å². The summed E-state index contributed by atoms with van der Waals surface area (Å²) in [5, 5.41) is 16.4. The van der Waals surface area contributed by atoms with Crippen molar-refractivity contribution in [2.24, 2.45) is 0 Å². The zero-order chi connectivity index (χ0) is 30.4. The van der Waals surface area contributed by atoms with Crippen LogP contribution in [0.2, 0.25) is 5.02 Å². The fraction of sp³-hybridized carbons (Fsp3) is 0.280. The molecule has 17 heteroatoms. The molecule has 4 aromatic rings. The van der Waals surface area contributed by atoms with Crippen LogP contribution >= 0.6 is 34.2 Å². The molecule has 0 atom stereocenters. The largest absolute Gasteiger partial charge is 0.459 e. The molecule has 1 fully saturated rings. The van der Waals surface area contributed by atoms with Gasteiger partial charge >= 0.3 is 12.1 Å². The summed E-state index contributed by atoms with van der Waals surface area (Å²) in [6.45, 7) is 1.30. The van der Waals surface area contributed by atoms with Gasteiger partial charge in [-0.3, -0.25) is 9.59 Å². The number of carbonyl (C=O) groups excluding carboxylic acids is 2. The smallest absolute Gasteiger partial charge is 0.349 e. The summed E-state index contributed by atoms with van der Waals surface area (Å²) in [6.07, 6.45) is -2.29. The van der Waals surface area contributed by atoms with E-state index < -0.39 is 30.2 Å². The summed E-state index contributed by atoms with van der Waals surface area (Å²) in [4.78, 5) is 30.8. The van der Waals surface area contributed by atoms with E-state index in [1.54, 1.807) is 25.1 Å². The molecular formula is C25H19ClF5IN8O2. The van der Waals surface area contributed by atoms with E-state index >= 15 is 0 Å². The van der Waals surface area contributed by atoms with Crippen LogP contribution < -0.4 is 10.6 Å². The van der Waals surface area contributed by atoms with E-state index in [9.17, 15) is 31.5 Å². The van der Waals surface area contributed by atoms with Gasteiger partial charge in [-0.2, -0.15) is 27.1 Å². The van der Waals surface area contributed by atoms with Gasteiger partial charge in [0.25, 0.3) is 11.8 Å². The van der Waals surface area contributed by atoms with Crippen LogP contribution in [0.25, 0.3) is 5.82 Å². The molecule has 220 valence electrons. The molecule has 10 nitrogen and oxygen atoms in total. The van der Waals surface area contributed by atoms with Gasteiger partial charge in [-0.15, -0.1) is 5.10 Å². The lowest BCUT2D eigenvalue weighted by atomic mass is 10.1. The monoisotopic (exact) mass is 720 g/mol. The second kappa shape index (κ2) is 11.2. The molecule has 0 aliphatic heterocycles. The third kappa shape index (κ3) is 6.08. The lowest BCUT2D eigenvalue weighted by molar-refractivity contribution is -0.291. The van der Waals surface area contributed by atoms with Crippen LogP contribution in [0.4, 0.5) is 27.6 Å². The Morgan fingerprint density at radius 1 is 1.14 bits per heavy atom. The number of nitrogens with zero attached hydrogens (tertiary/aromatic N) is 6. The minimum Gasteiger partial charge on any atom is -0.349 e. The third-order valence-corrected chi connectivity index (χ3v) is 7.09. The van der Waals surface area contributed by atoms with Gasteiger partial charge in [0.05, 0.1) is 34.7 Å². The van der Waals surface area contributed by atoms with Crippen LogP contribution in [0, 0.1) is 10.5 Å². The van der Waals surface area contributed by atoms with Gasteiger partial charge in [0.1, 0.15) is 5.69 Å². The minimum atomic E-state index is -5.86. The summed E-state index contributed by atoms with van der Waals surface area (Å²) in [6, 6.07) is 7.81. The summed E-state index contributed by atoms with van der Waals surface area (Å²) in [5.74, 6) is -6.24. The topological polar surface area (TPSA) is 120 Å². The molecule has 2 N–H and O–H groups in total. The summed E-state index contributed by atoms with van der Waals surface area (Å²) in [7, 11) is 0. The van der Waals surface area contributed by atoms with Crippen LogP contribution in [-0.2, 0) is 12.5 Å². The van der Waals surface area contributed by atoms with Crippen LogP contribution in [-0.4, -0.2) is 53.8 Å². The molecular weight excluding hydrogens is 702 g/mol. The first-order valence-corrected chi connectivity index (χ1v) is 13.7. The number of aromatic nitrogens is 6. The molecule has 1 aliphatic carbocycles. The maximum Gasteiger partial charge on any atom is 0.459 e. The van der Waals surface area contributed by atoms with E-state index in [2.05, 4.69) is 53.6 Å². The lowest BCUT2D eigenvalue weighted by Crippen LogP contribution is -2.34. The first-order valence-electron chi connectivity index (χ1n) is 12.2. The van der Waals surface area contributed by atoms with Gasteiger partial charge in [0.2, 0.25) is 0 Å². The van der Waals surface area contributed by atoms with E-state index in [1.807, 2.05) is 0 Å². The highest BCUT2D eigenvalue weighted by Gasteiger charge is 2.60. The Morgan fingerprint density at radius 2 is 1.88 bits per heavy atom. The van der Waals surface area contributed by atoms with E-state index in [0.717, 1.165) is 25.8 Å². The number of rotatable bonds is 8. The lowest BCUT2D eigenvalue weighted by Gasteiger charge is -2.16. The number of alkyl halides is 5. The van der Waals surface area contributed by atoms with Crippen molar-refractivity contribution in [1.29, 1.82) is 0 Å². The Hall–Kier alpha value is -3.67. The highest BCUT2D eigenvalue weighted by Crippen LogP contribution is 2.42. The molecule has 0 saturated heterocycles. The fourth-order valence-corrected chi connectivity index (χ4v) is 4.93. The van der Waals surface area contributed by atoms with Gasteiger partial charge in [-0.05, 0) is 78.3 Å². The number of nitrogens with one attached hydrogen (secondary N) is 2. The van der Waals surface area contributed by atoms with Gasteiger partial charge in [0, 0.05) is 15.8 Å². The zero-order valence-corrected chi connectivity index (χ0v) is 24.3. The molecule has 0 bridgehead atoms. The minimum absolute atomic E-state index is 0.0414. The van der Waals surface area contributed by atoms with Crippen molar-refractivity contribution in [2.45, 2.75) is 44.5 Å². The van der Waals surface area contributed by atoms with Gasteiger partial charge in [-0.25, -0.2) is 14.3 Å². The Kier molecular flexibility index (Phi) is 7.95. The van der Waals surface area contributed by atoms with Gasteiger partial charge in [0.15, 0.2) is 11.5 Å². The van der Waals surface area contributed by atoms with Crippen molar-refractivity contribution < 1.29 is 31.5 Å². The fourth-order valence-electron chi connectivity index (χ4n) is 3.95. The van der Waals surface area contributed by atoms with E-state index in [0.29, 0.717) is 11.8 Å². The molecule has 42 heavy (non-hydrogen) atoms. The number of aryl methyl sites for hydroxylation is 1. The molecule has 0 unspecified atom stereocenters. The molecule has 1 saturated carbocycles. The molecule has 5 rings (SSSR count). The summed E-state index contributed by atoms with van der Waals surface area (Å²) in [5.41, 5.74) is -0.541. The Morgan fingerprint density at radius 3 is 2.55 bits per heavy atom. The maximum atomic E-state index is 13.7. The van der Waals surface area contributed by atoms with Crippen LogP contribution in [0.5, 0.6) is 0 Å². The SMILES string of the molecule is Cc1cc(I)cc(C(=O)NC2CC2)c1NC(=O)c1cc(Cn2cc(C(F)(F)C(F)(F)F)nn2)nn1-c1ncccc1Cl. The molecule has 1 aromatic carbocycles. The summed E-state index contributed by atoms with van der Waals surface area (Å²) < 4.78 is 68.3. The van der Waals surface area contributed by atoms with E-state index in [4.69, 9.17) is 11.6 Å². The quantitative estimate of drug-likeness (QED) is 0.189. The zero-order valence-electron chi connectivity index (χ0n) is 21.4. The number of amides is 2. The third-order valence-electron chi connectivity index (χ3n) is 6.17. The van der Waals surface area contributed by atoms with Crippen molar-refractivity contribution in [1.82, 2.24) is 35.1 Å². The normalized spacial score (nSPS) is 13.7. The molecule has 3 aromatic heterocycles. The molecule has 3 heterocycles. The Bertz CT molecular complexity index is 1690. The Labute approximate surface area is 252 Å². The highest BCUT2D eigenvalue weighted by atomic mass is 127. The van der Waals surface area contributed by atoms with Gasteiger partial charge in [-0.1, -0.05) is 16.8 Å². The van der Waals surface area contributed by atoms with Crippen molar-refractivity contribution in [3.05, 3.63) is 79.5 Å². The van der Waals surface area contributed by atoms with Crippen molar-refractivity contribution in [3.63, 3.8) is 0 Å². The molecule has 2 amide bonds. The van der Waals surface area contributed by atoms with Crippen LogP contribution in [0.1, 0.15) is 50.6 Å².